The van der Waals surface area contributed by atoms with E-state index in [0.717, 1.165) is 49.5 Å². The lowest BCUT2D eigenvalue weighted by molar-refractivity contribution is 0.673. The fourth-order valence-corrected chi connectivity index (χ4v) is 7.92. The summed E-state index contributed by atoms with van der Waals surface area (Å²) in [5.74, 6) is 1.82. The van der Waals surface area contributed by atoms with E-state index in [4.69, 9.17) is 19.4 Å². The number of hydrogen-bond donors (Lipinski definition) is 0. The Hall–Kier alpha value is -5.85. The van der Waals surface area contributed by atoms with E-state index in [2.05, 4.69) is 77.4 Å². The summed E-state index contributed by atoms with van der Waals surface area (Å²) in [4.78, 5) is 15.1. The van der Waals surface area contributed by atoms with Crippen LogP contribution in [-0.4, -0.2) is 19.5 Å². The van der Waals surface area contributed by atoms with Crippen LogP contribution in [-0.2, 0) is 0 Å². The van der Waals surface area contributed by atoms with Crippen LogP contribution >= 0.6 is 11.3 Å². The Morgan fingerprint density at radius 3 is 1.89 bits per heavy atom. The van der Waals surface area contributed by atoms with Crippen LogP contribution in [0.1, 0.15) is 0 Å². The minimum atomic E-state index is 0.566. The van der Waals surface area contributed by atoms with E-state index in [0.29, 0.717) is 17.6 Å². The molecule has 0 radical (unpaired) electrons. The van der Waals surface area contributed by atoms with Gasteiger partial charge in [0.1, 0.15) is 11.2 Å². The van der Waals surface area contributed by atoms with E-state index in [9.17, 15) is 0 Å². The molecule has 0 saturated heterocycles. The molecule has 0 unspecified atom stereocenters. The normalized spacial score (nSPS) is 12.0. The summed E-state index contributed by atoms with van der Waals surface area (Å²) in [5, 5.41) is 6.97. The average Bonchev–Trinajstić information content (AvgIpc) is 3.78. The zero-order valence-electron chi connectivity index (χ0n) is 23.8. The first kappa shape index (κ1) is 24.6. The highest BCUT2D eigenvalue weighted by molar-refractivity contribution is 7.26. The minimum absolute atomic E-state index is 0.566. The van der Waals surface area contributed by atoms with Gasteiger partial charge in [0.05, 0.1) is 16.4 Å². The highest BCUT2D eigenvalue weighted by Gasteiger charge is 2.22. The topological polar surface area (TPSA) is 56.7 Å². The first-order valence-electron chi connectivity index (χ1n) is 14.9. The summed E-state index contributed by atoms with van der Waals surface area (Å²) in [6.45, 7) is 0. The molecule has 45 heavy (non-hydrogen) atoms. The van der Waals surface area contributed by atoms with E-state index in [1.807, 2.05) is 72.0 Å². The van der Waals surface area contributed by atoms with Gasteiger partial charge in [0, 0.05) is 47.5 Å². The van der Waals surface area contributed by atoms with Crippen molar-refractivity contribution in [2.75, 3.05) is 0 Å². The van der Waals surface area contributed by atoms with Crippen LogP contribution in [0.4, 0.5) is 0 Å². The van der Waals surface area contributed by atoms with Gasteiger partial charge < -0.3 is 4.42 Å². The maximum Gasteiger partial charge on any atom is 0.238 e. The molecule has 0 aliphatic rings. The molecule has 0 aliphatic heterocycles. The molecule has 0 N–H and O–H groups in total. The van der Waals surface area contributed by atoms with Crippen molar-refractivity contribution in [3.05, 3.63) is 133 Å². The molecular weight excluding hydrogens is 573 g/mol. The zero-order valence-corrected chi connectivity index (χ0v) is 24.6. The SMILES string of the molecule is c1ccc(-c2nc(-c3ccccc3)nc(-n3c4ccccc4c4c5oc6ccc7c8ccccc8sc7c6c5ccc43)n2)cc1. The van der Waals surface area contributed by atoms with Gasteiger partial charge in [-0.3, -0.25) is 4.57 Å². The van der Waals surface area contributed by atoms with Crippen LogP contribution in [0.15, 0.2) is 138 Å². The van der Waals surface area contributed by atoms with E-state index in [1.165, 1.54) is 25.6 Å². The van der Waals surface area contributed by atoms with E-state index < -0.39 is 0 Å². The highest BCUT2D eigenvalue weighted by atomic mass is 32.1. The Labute approximate surface area is 260 Å². The first-order chi connectivity index (χ1) is 22.3. The highest BCUT2D eigenvalue weighted by Crippen LogP contribution is 2.45. The van der Waals surface area contributed by atoms with Crippen molar-refractivity contribution >= 4 is 75.3 Å². The monoisotopic (exact) mass is 594 g/mol. The second kappa shape index (κ2) is 9.32. The summed E-state index contributed by atoms with van der Waals surface area (Å²) in [6, 6.07) is 45.9. The summed E-state index contributed by atoms with van der Waals surface area (Å²) >= 11 is 1.83. The molecule has 6 aromatic carbocycles. The summed E-state index contributed by atoms with van der Waals surface area (Å²) in [7, 11) is 0. The van der Waals surface area contributed by atoms with Crippen LogP contribution in [0.2, 0.25) is 0 Å². The maximum absolute atomic E-state index is 6.75. The predicted octanol–water partition coefficient (Wildman–Crippen LogP) is 10.6. The van der Waals surface area contributed by atoms with Gasteiger partial charge in [0.2, 0.25) is 5.95 Å². The van der Waals surface area contributed by atoms with Gasteiger partial charge in [0.25, 0.3) is 0 Å². The third-order valence-corrected chi connectivity index (χ3v) is 9.87. The lowest BCUT2D eigenvalue weighted by atomic mass is 10.1. The largest absolute Gasteiger partial charge is 0.455 e. The Morgan fingerprint density at radius 1 is 0.489 bits per heavy atom. The van der Waals surface area contributed by atoms with Crippen LogP contribution in [0.3, 0.4) is 0 Å². The molecule has 6 heteroatoms. The number of benzene rings is 6. The number of aromatic nitrogens is 4. The molecule has 0 fully saturated rings. The number of hydrogen-bond acceptors (Lipinski definition) is 5. The first-order valence-corrected chi connectivity index (χ1v) is 15.7. The maximum atomic E-state index is 6.75. The number of para-hydroxylation sites is 1. The molecule has 10 rings (SSSR count). The molecule has 5 nitrogen and oxygen atoms in total. The number of rotatable bonds is 3. The number of fused-ring (bicyclic) bond motifs is 11. The van der Waals surface area contributed by atoms with Crippen LogP contribution in [0.25, 0.3) is 92.6 Å². The minimum Gasteiger partial charge on any atom is -0.455 e. The standard InChI is InChI=1S/C39H22N4OS/c1-3-11-23(12-4-1)37-40-38(24-13-5-2-6-14-24)42-39(41-37)43-29-17-9-7-16-27(29)33-30(43)21-19-28-34-31(44-35(28)33)22-20-26-25-15-8-10-18-32(25)45-36(26)34/h1-22H. The Balaban J connectivity index is 1.31. The molecular formula is C39H22N4OS. The lowest BCUT2D eigenvalue weighted by Gasteiger charge is -2.10. The molecule has 210 valence electrons. The number of furan rings is 1. The fourth-order valence-electron chi connectivity index (χ4n) is 6.67. The van der Waals surface area contributed by atoms with Crippen LogP contribution in [0.5, 0.6) is 0 Å². The molecule has 4 aromatic heterocycles. The van der Waals surface area contributed by atoms with Gasteiger partial charge in [-0.05, 0) is 36.4 Å². The van der Waals surface area contributed by atoms with Crippen molar-refractivity contribution in [3.63, 3.8) is 0 Å². The second-order valence-electron chi connectivity index (χ2n) is 11.2. The molecule has 0 aliphatic carbocycles. The van der Waals surface area contributed by atoms with Crippen molar-refractivity contribution < 1.29 is 4.42 Å². The van der Waals surface area contributed by atoms with Crippen molar-refractivity contribution in [2.24, 2.45) is 0 Å². The summed E-state index contributed by atoms with van der Waals surface area (Å²) in [5.41, 5.74) is 5.64. The van der Waals surface area contributed by atoms with E-state index >= 15 is 0 Å². The van der Waals surface area contributed by atoms with E-state index in [-0.39, 0.29) is 0 Å². The van der Waals surface area contributed by atoms with Gasteiger partial charge in [-0.1, -0.05) is 97.1 Å². The lowest BCUT2D eigenvalue weighted by Crippen LogP contribution is -2.06. The van der Waals surface area contributed by atoms with Crippen molar-refractivity contribution in [1.82, 2.24) is 19.5 Å². The van der Waals surface area contributed by atoms with Crippen LogP contribution < -0.4 is 0 Å². The predicted molar refractivity (Wildman–Crippen MR) is 185 cm³/mol. The summed E-state index contributed by atoms with van der Waals surface area (Å²) in [6.07, 6.45) is 0. The Morgan fingerprint density at radius 2 is 1.13 bits per heavy atom. The fraction of sp³-hybridized carbons (Fsp3) is 0. The third-order valence-electron chi connectivity index (χ3n) is 8.67. The molecule has 0 amide bonds. The number of nitrogens with zero attached hydrogens (tertiary/aromatic N) is 4. The smallest absolute Gasteiger partial charge is 0.238 e. The number of thiophene rings is 1. The Bertz CT molecular complexity index is 2700. The third kappa shape index (κ3) is 3.57. The summed E-state index contributed by atoms with van der Waals surface area (Å²) < 4.78 is 11.4. The Kier molecular flexibility index (Phi) is 5.09. The zero-order chi connectivity index (χ0) is 29.5. The second-order valence-corrected chi connectivity index (χ2v) is 12.3. The average molecular weight is 595 g/mol. The molecule has 4 heterocycles. The van der Waals surface area contributed by atoms with Crippen LogP contribution in [0, 0.1) is 0 Å². The van der Waals surface area contributed by atoms with Gasteiger partial charge in [0.15, 0.2) is 11.6 Å². The van der Waals surface area contributed by atoms with Crippen molar-refractivity contribution in [1.29, 1.82) is 0 Å². The van der Waals surface area contributed by atoms with E-state index in [1.54, 1.807) is 0 Å². The molecule has 0 spiro atoms. The quantitative estimate of drug-likeness (QED) is 0.204. The molecule has 0 saturated carbocycles. The van der Waals surface area contributed by atoms with Gasteiger partial charge >= 0.3 is 0 Å². The van der Waals surface area contributed by atoms with Crippen molar-refractivity contribution in [2.45, 2.75) is 0 Å². The van der Waals surface area contributed by atoms with Gasteiger partial charge in [-0.2, -0.15) is 9.97 Å². The van der Waals surface area contributed by atoms with Gasteiger partial charge in [-0.25, -0.2) is 4.98 Å². The van der Waals surface area contributed by atoms with Gasteiger partial charge in [-0.15, -0.1) is 11.3 Å². The van der Waals surface area contributed by atoms with Crippen molar-refractivity contribution in [3.8, 4) is 28.7 Å². The molecule has 10 aromatic rings. The molecule has 0 bridgehead atoms. The molecule has 0 atom stereocenters.